The van der Waals surface area contributed by atoms with E-state index in [0.717, 1.165) is 21.7 Å². The van der Waals surface area contributed by atoms with Crippen molar-refractivity contribution in [1.29, 1.82) is 0 Å². The molecule has 1 amide bonds. The molecule has 0 fully saturated rings. The largest absolute Gasteiger partial charge is 0.451 e. The summed E-state index contributed by atoms with van der Waals surface area (Å²) < 4.78 is 30.5. The molecule has 0 aromatic heterocycles. The maximum absolute atomic E-state index is 12.4. The van der Waals surface area contributed by atoms with Gasteiger partial charge in [-0.3, -0.25) is 13.9 Å². The minimum Gasteiger partial charge on any atom is -0.451 e. The van der Waals surface area contributed by atoms with Crippen LogP contribution in [0.2, 0.25) is 0 Å². The zero-order valence-electron chi connectivity index (χ0n) is 17.2. The lowest BCUT2D eigenvalue weighted by Gasteiger charge is -2.24. The number of hydrogen-bond donors (Lipinski definition) is 1. The minimum absolute atomic E-state index is 0.388. The van der Waals surface area contributed by atoms with E-state index in [1.165, 1.54) is 6.92 Å². The molecule has 0 aliphatic rings. The number of rotatable bonds is 7. The van der Waals surface area contributed by atoms with Crippen LogP contribution >= 0.6 is 0 Å². The highest BCUT2D eigenvalue weighted by molar-refractivity contribution is 7.92. The Balaban J connectivity index is 2.07. The number of para-hydroxylation sites is 1. The predicted molar refractivity (Wildman–Crippen MR) is 113 cm³/mol. The Morgan fingerprint density at radius 3 is 2.31 bits per heavy atom. The summed E-state index contributed by atoms with van der Waals surface area (Å²) in [5, 5.41) is 2.72. The molecule has 7 nitrogen and oxygen atoms in total. The average molecular weight is 419 g/mol. The van der Waals surface area contributed by atoms with Gasteiger partial charge in [-0.2, -0.15) is 0 Å². The van der Waals surface area contributed by atoms with Gasteiger partial charge in [-0.05, 0) is 51.0 Å². The van der Waals surface area contributed by atoms with Gasteiger partial charge in [0.25, 0.3) is 5.91 Å². The van der Waals surface area contributed by atoms with Gasteiger partial charge in [-0.1, -0.05) is 35.9 Å². The molecule has 0 spiro atoms. The third kappa shape index (κ3) is 6.05. The first-order valence-corrected chi connectivity index (χ1v) is 10.9. The first-order chi connectivity index (χ1) is 13.5. The molecule has 0 radical (unpaired) electrons. The van der Waals surface area contributed by atoms with Crippen molar-refractivity contribution in [3.63, 3.8) is 0 Å². The van der Waals surface area contributed by atoms with E-state index < -0.39 is 34.5 Å². The molecule has 1 N–H and O–H groups in total. The second kappa shape index (κ2) is 9.09. The molecule has 0 saturated carbocycles. The smallest absolute Gasteiger partial charge is 0.327 e. The number of nitrogens with one attached hydrogen (secondary N) is 1. The monoisotopic (exact) mass is 418 g/mol. The van der Waals surface area contributed by atoms with E-state index >= 15 is 0 Å². The number of amides is 1. The van der Waals surface area contributed by atoms with Crippen molar-refractivity contribution in [2.75, 3.05) is 22.4 Å². The summed E-state index contributed by atoms with van der Waals surface area (Å²) in [5.41, 5.74) is 3.67. The minimum atomic E-state index is -3.72. The molecule has 156 valence electrons. The molecule has 0 heterocycles. The number of anilines is 2. The molecule has 2 rings (SSSR count). The number of ether oxygens (including phenoxy) is 1. The van der Waals surface area contributed by atoms with Gasteiger partial charge < -0.3 is 10.1 Å². The Kier molecular flexibility index (Phi) is 7.02. The van der Waals surface area contributed by atoms with Gasteiger partial charge in [0.05, 0.1) is 11.9 Å². The van der Waals surface area contributed by atoms with E-state index in [1.54, 1.807) is 37.3 Å². The predicted octanol–water partition coefficient (Wildman–Crippen LogP) is 2.95. The lowest BCUT2D eigenvalue weighted by atomic mass is 10.1. The molecule has 0 aliphatic carbocycles. The van der Waals surface area contributed by atoms with Crippen LogP contribution < -0.4 is 9.62 Å². The Hall–Kier alpha value is -2.87. The van der Waals surface area contributed by atoms with E-state index in [-0.39, 0.29) is 0 Å². The van der Waals surface area contributed by atoms with Gasteiger partial charge in [0.2, 0.25) is 10.0 Å². The summed E-state index contributed by atoms with van der Waals surface area (Å²) >= 11 is 0. The summed E-state index contributed by atoms with van der Waals surface area (Å²) in [6, 6.07) is 12.4. The second-order valence-corrected chi connectivity index (χ2v) is 8.90. The van der Waals surface area contributed by atoms with Crippen molar-refractivity contribution in [2.24, 2.45) is 0 Å². The Morgan fingerprint density at radius 2 is 1.72 bits per heavy atom. The third-order valence-corrected chi connectivity index (χ3v) is 5.50. The number of aryl methyl sites for hydroxylation is 3. The van der Waals surface area contributed by atoms with Gasteiger partial charge >= 0.3 is 5.97 Å². The van der Waals surface area contributed by atoms with Crippen LogP contribution in [0, 0.1) is 20.8 Å². The maximum Gasteiger partial charge on any atom is 0.327 e. The van der Waals surface area contributed by atoms with Gasteiger partial charge in [0.1, 0.15) is 6.54 Å². The van der Waals surface area contributed by atoms with Crippen molar-refractivity contribution in [1.82, 2.24) is 0 Å². The highest BCUT2D eigenvalue weighted by Gasteiger charge is 2.25. The average Bonchev–Trinajstić information content (AvgIpc) is 2.61. The van der Waals surface area contributed by atoms with Crippen LogP contribution in [-0.4, -0.2) is 39.2 Å². The molecule has 8 heteroatoms. The first-order valence-electron chi connectivity index (χ1n) is 9.10. The number of nitrogens with zero attached hydrogens (tertiary/aromatic N) is 1. The van der Waals surface area contributed by atoms with Crippen LogP contribution in [-0.2, 0) is 24.3 Å². The number of carbonyl (C=O) groups is 2. The number of sulfonamides is 1. The molecule has 1 atom stereocenters. The standard InChI is InChI=1S/C21H26N2O5S/c1-14-10-11-18(16(3)12-14)22-21(25)17(4)28-20(24)13-23(29(5,26)27)19-9-7-6-8-15(19)2/h6-12,17H,13H2,1-5H3,(H,22,25)/t17-/m1/s1. The van der Waals surface area contributed by atoms with Crippen molar-refractivity contribution in [2.45, 2.75) is 33.8 Å². The zero-order valence-corrected chi connectivity index (χ0v) is 18.0. The molecular formula is C21H26N2O5S. The summed E-state index contributed by atoms with van der Waals surface area (Å²) in [4.78, 5) is 24.7. The van der Waals surface area contributed by atoms with E-state index in [4.69, 9.17) is 4.74 Å². The molecule has 0 saturated heterocycles. The number of esters is 1. The molecule has 0 bridgehead atoms. The number of hydrogen-bond acceptors (Lipinski definition) is 5. The lowest BCUT2D eigenvalue weighted by Crippen LogP contribution is -2.39. The first kappa shape index (κ1) is 22.4. The molecule has 2 aromatic carbocycles. The van der Waals surface area contributed by atoms with Gasteiger partial charge in [0, 0.05) is 5.69 Å². The fourth-order valence-corrected chi connectivity index (χ4v) is 3.72. The summed E-state index contributed by atoms with van der Waals surface area (Å²) in [6.07, 6.45) is -0.0651. The van der Waals surface area contributed by atoms with Crippen LogP contribution in [0.3, 0.4) is 0 Å². The Labute approximate surface area is 171 Å². The topological polar surface area (TPSA) is 92.8 Å². The van der Waals surface area contributed by atoms with Crippen molar-refractivity contribution >= 4 is 33.3 Å². The SMILES string of the molecule is Cc1ccc(NC(=O)[C@@H](C)OC(=O)CN(c2ccccc2C)S(C)(=O)=O)c(C)c1. The maximum atomic E-state index is 12.4. The lowest BCUT2D eigenvalue weighted by molar-refractivity contribution is -0.151. The van der Waals surface area contributed by atoms with Crippen LogP contribution in [0.5, 0.6) is 0 Å². The fraction of sp³-hybridized carbons (Fsp3) is 0.333. The summed E-state index contributed by atoms with van der Waals surface area (Å²) in [7, 11) is -3.72. The Bertz CT molecular complexity index is 1020. The molecule has 2 aromatic rings. The highest BCUT2D eigenvalue weighted by atomic mass is 32.2. The van der Waals surface area contributed by atoms with Crippen molar-refractivity contribution < 1.29 is 22.7 Å². The van der Waals surface area contributed by atoms with Gasteiger partial charge in [-0.25, -0.2) is 8.42 Å². The quantitative estimate of drug-likeness (QED) is 0.698. The van der Waals surface area contributed by atoms with Gasteiger partial charge in [-0.15, -0.1) is 0 Å². The molecule has 29 heavy (non-hydrogen) atoms. The highest BCUT2D eigenvalue weighted by Crippen LogP contribution is 2.22. The van der Waals surface area contributed by atoms with E-state index in [9.17, 15) is 18.0 Å². The molecular weight excluding hydrogens is 392 g/mol. The third-order valence-electron chi connectivity index (χ3n) is 4.37. The van der Waals surface area contributed by atoms with E-state index in [1.807, 2.05) is 26.0 Å². The summed E-state index contributed by atoms with van der Waals surface area (Å²) in [5.74, 6) is -1.31. The van der Waals surface area contributed by atoms with Crippen molar-refractivity contribution in [3.8, 4) is 0 Å². The van der Waals surface area contributed by atoms with E-state index in [0.29, 0.717) is 16.9 Å². The number of benzene rings is 2. The van der Waals surface area contributed by atoms with E-state index in [2.05, 4.69) is 5.32 Å². The summed E-state index contributed by atoms with van der Waals surface area (Å²) in [6.45, 7) is 6.48. The van der Waals surface area contributed by atoms with Crippen LogP contribution in [0.4, 0.5) is 11.4 Å². The van der Waals surface area contributed by atoms with Crippen LogP contribution in [0.25, 0.3) is 0 Å². The fourth-order valence-electron chi connectivity index (χ4n) is 2.82. The van der Waals surface area contributed by atoms with Crippen molar-refractivity contribution in [3.05, 3.63) is 59.2 Å². The molecule has 0 unspecified atom stereocenters. The normalized spacial score (nSPS) is 12.2. The van der Waals surface area contributed by atoms with Crippen LogP contribution in [0.1, 0.15) is 23.6 Å². The molecule has 0 aliphatic heterocycles. The second-order valence-electron chi connectivity index (χ2n) is 7.00. The Morgan fingerprint density at radius 1 is 1.07 bits per heavy atom. The number of carbonyl (C=O) groups excluding carboxylic acids is 2. The van der Waals surface area contributed by atoms with Gasteiger partial charge in [0.15, 0.2) is 6.10 Å². The van der Waals surface area contributed by atoms with Crippen LogP contribution in [0.15, 0.2) is 42.5 Å². The zero-order chi connectivity index (χ0) is 21.8.